The third-order valence-corrected chi connectivity index (χ3v) is 3.47. The third-order valence-electron chi connectivity index (χ3n) is 2.68. The maximum atomic E-state index is 12.0. The molecule has 116 valence electrons. The van der Waals surface area contributed by atoms with E-state index in [1.165, 1.54) is 6.07 Å². The van der Waals surface area contributed by atoms with E-state index in [0.717, 1.165) is 6.07 Å². The lowest BCUT2D eigenvalue weighted by atomic mass is 10.1. The van der Waals surface area contributed by atoms with Crippen LogP contribution in [0.25, 0.3) is 0 Å². The van der Waals surface area contributed by atoms with Gasteiger partial charge in [0.05, 0.1) is 15.5 Å². The largest absolute Gasteiger partial charge is 0.374 e. The quantitative estimate of drug-likeness (QED) is 0.638. The Balaban J connectivity index is 2.91. The first-order valence-electron chi connectivity index (χ1n) is 6.23. The van der Waals surface area contributed by atoms with Crippen molar-refractivity contribution in [2.24, 2.45) is 0 Å². The minimum Gasteiger partial charge on any atom is -0.374 e. The molecule has 0 aliphatic carbocycles. The molecule has 0 saturated heterocycles. The van der Waals surface area contributed by atoms with Crippen LogP contribution in [0, 0.1) is 10.1 Å². The van der Waals surface area contributed by atoms with Crippen molar-refractivity contribution in [2.45, 2.75) is 26.4 Å². The predicted octanol–water partition coefficient (Wildman–Crippen LogP) is 3.45. The maximum Gasteiger partial charge on any atom is 0.290 e. The van der Waals surface area contributed by atoms with Crippen LogP contribution in [0.4, 0.5) is 5.69 Å². The van der Waals surface area contributed by atoms with E-state index < -0.39 is 22.1 Å². The van der Waals surface area contributed by atoms with Gasteiger partial charge in [-0.2, -0.15) is 0 Å². The number of nitrogens with zero attached hydrogens (tertiary/aromatic N) is 1. The number of halogens is 2. The Labute approximate surface area is 132 Å². The predicted molar refractivity (Wildman–Crippen MR) is 81.2 cm³/mol. The minimum atomic E-state index is -0.685. The van der Waals surface area contributed by atoms with Crippen LogP contribution in [-0.4, -0.2) is 29.6 Å². The molecule has 0 saturated carbocycles. The second-order valence-electron chi connectivity index (χ2n) is 4.92. The molecule has 1 aromatic carbocycles. The zero-order valence-corrected chi connectivity index (χ0v) is 13.4. The van der Waals surface area contributed by atoms with Crippen molar-refractivity contribution in [2.75, 3.05) is 13.2 Å². The number of nitro benzene ring substituents is 1. The SMILES string of the molecule is CCOC(C)(C)CNC(=O)c1cc(Cl)c(Cl)c([N+](=O)[O-])c1. The second-order valence-corrected chi connectivity index (χ2v) is 5.71. The summed E-state index contributed by atoms with van der Waals surface area (Å²) in [5, 5.41) is 13.3. The Hall–Kier alpha value is -1.37. The van der Waals surface area contributed by atoms with Gasteiger partial charge in [-0.15, -0.1) is 0 Å². The van der Waals surface area contributed by atoms with E-state index in [1.807, 2.05) is 20.8 Å². The molecule has 0 spiro atoms. The number of rotatable bonds is 6. The Kier molecular flexibility index (Phi) is 5.95. The van der Waals surface area contributed by atoms with E-state index >= 15 is 0 Å². The summed E-state index contributed by atoms with van der Waals surface area (Å²) in [6, 6.07) is 2.39. The molecule has 1 aromatic rings. The van der Waals surface area contributed by atoms with Gasteiger partial charge < -0.3 is 10.1 Å². The molecular weight excluding hydrogens is 319 g/mol. The lowest BCUT2D eigenvalue weighted by Gasteiger charge is -2.24. The Morgan fingerprint density at radius 1 is 1.43 bits per heavy atom. The molecule has 0 aliphatic rings. The highest BCUT2D eigenvalue weighted by Crippen LogP contribution is 2.33. The highest BCUT2D eigenvalue weighted by atomic mass is 35.5. The van der Waals surface area contributed by atoms with Gasteiger partial charge in [-0.1, -0.05) is 23.2 Å². The molecule has 0 fully saturated rings. The summed E-state index contributed by atoms with van der Waals surface area (Å²) in [6.07, 6.45) is 0. The summed E-state index contributed by atoms with van der Waals surface area (Å²) in [6.45, 7) is 6.28. The van der Waals surface area contributed by atoms with Crippen molar-refractivity contribution in [3.05, 3.63) is 37.9 Å². The van der Waals surface area contributed by atoms with Crippen molar-refractivity contribution in [3.8, 4) is 0 Å². The number of nitro groups is 1. The number of hydrogen-bond donors (Lipinski definition) is 1. The smallest absolute Gasteiger partial charge is 0.290 e. The van der Waals surface area contributed by atoms with Crippen LogP contribution >= 0.6 is 23.2 Å². The van der Waals surface area contributed by atoms with Gasteiger partial charge in [0.25, 0.3) is 11.6 Å². The fourth-order valence-electron chi connectivity index (χ4n) is 1.68. The lowest BCUT2D eigenvalue weighted by Crippen LogP contribution is -2.40. The molecule has 6 nitrogen and oxygen atoms in total. The molecule has 0 aromatic heterocycles. The number of carbonyl (C=O) groups excluding carboxylic acids is 1. The second kappa shape index (κ2) is 7.06. The summed E-state index contributed by atoms with van der Waals surface area (Å²) in [4.78, 5) is 22.2. The molecule has 0 unspecified atom stereocenters. The fourth-order valence-corrected chi connectivity index (χ4v) is 2.07. The molecule has 0 atom stereocenters. The average molecular weight is 335 g/mol. The highest BCUT2D eigenvalue weighted by Gasteiger charge is 2.22. The van der Waals surface area contributed by atoms with Crippen LogP contribution in [0.1, 0.15) is 31.1 Å². The molecule has 0 bridgehead atoms. The number of amides is 1. The first kappa shape index (κ1) is 17.7. The normalized spacial score (nSPS) is 11.3. The first-order valence-corrected chi connectivity index (χ1v) is 6.99. The van der Waals surface area contributed by atoms with Gasteiger partial charge in [0.2, 0.25) is 0 Å². The van der Waals surface area contributed by atoms with Crippen molar-refractivity contribution >= 4 is 34.8 Å². The number of benzene rings is 1. The Morgan fingerprint density at radius 2 is 2.05 bits per heavy atom. The Bertz CT molecular complexity index is 561. The van der Waals surface area contributed by atoms with E-state index in [1.54, 1.807) is 0 Å². The monoisotopic (exact) mass is 334 g/mol. The molecule has 0 aliphatic heterocycles. The molecule has 1 amide bonds. The van der Waals surface area contributed by atoms with Crippen LogP contribution in [-0.2, 0) is 4.74 Å². The van der Waals surface area contributed by atoms with Gasteiger partial charge in [-0.05, 0) is 26.8 Å². The first-order chi connectivity index (χ1) is 9.68. The Morgan fingerprint density at radius 3 is 2.57 bits per heavy atom. The van der Waals surface area contributed by atoms with Crippen LogP contribution in [0.15, 0.2) is 12.1 Å². The standard InChI is InChI=1S/C13H16Cl2N2O4/c1-4-21-13(2,3)7-16-12(18)8-5-9(14)11(15)10(6-8)17(19)20/h5-6H,4,7H2,1-3H3,(H,16,18). The highest BCUT2D eigenvalue weighted by molar-refractivity contribution is 6.43. The number of carbonyl (C=O) groups is 1. The van der Waals surface area contributed by atoms with Gasteiger partial charge in [-0.25, -0.2) is 0 Å². The molecule has 0 heterocycles. The van der Waals surface area contributed by atoms with Gasteiger partial charge in [0.15, 0.2) is 0 Å². The molecule has 21 heavy (non-hydrogen) atoms. The summed E-state index contributed by atoms with van der Waals surface area (Å²) in [7, 11) is 0. The van der Waals surface area contributed by atoms with Crippen molar-refractivity contribution in [3.63, 3.8) is 0 Å². The van der Waals surface area contributed by atoms with E-state index in [-0.39, 0.29) is 22.2 Å². The minimum absolute atomic E-state index is 0.0416. The summed E-state index contributed by atoms with van der Waals surface area (Å²) in [5.41, 5.74) is -0.867. The van der Waals surface area contributed by atoms with Gasteiger partial charge in [0.1, 0.15) is 5.02 Å². The molecule has 0 radical (unpaired) electrons. The lowest BCUT2D eigenvalue weighted by molar-refractivity contribution is -0.384. The van der Waals surface area contributed by atoms with E-state index in [4.69, 9.17) is 27.9 Å². The summed E-state index contributed by atoms with van der Waals surface area (Å²) in [5.74, 6) is -0.482. The molecule has 1 N–H and O–H groups in total. The van der Waals surface area contributed by atoms with Gasteiger partial charge in [-0.3, -0.25) is 14.9 Å². The zero-order chi connectivity index (χ0) is 16.2. The fraction of sp³-hybridized carbons (Fsp3) is 0.462. The molecule has 8 heteroatoms. The number of hydrogen-bond acceptors (Lipinski definition) is 4. The average Bonchev–Trinajstić information content (AvgIpc) is 2.38. The summed E-state index contributed by atoms with van der Waals surface area (Å²) >= 11 is 11.5. The van der Waals surface area contributed by atoms with Crippen LogP contribution in [0.5, 0.6) is 0 Å². The van der Waals surface area contributed by atoms with E-state index in [9.17, 15) is 14.9 Å². The molecule has 1 rings (SSSR count). The third kappa shape index (κ3) is 4.84. The van der Waals surface area contributed by atoms with Crippen molar-refractivity contribution in [1.29, 1.82) is 0 Å². The van der Waals surface area contributed by atoms with Crippen LogP contribution < -0.4 is 5.32 Å². The maximum absolute atomic E-state index is 12.0. The number of nitrogens with one attached hydrogen (secondary N) is 1. The van der Waals surface area contributed by atoms with E-state index in [0.29, 0.717) is 6.61 Å². The zero-order valence-electron chi connectivity index (χ0n) is 11.9. The van der Waals surface area contributed by atoms with Crippen molar-refractivity contribution in [1.82, 2.24) is 5.32 Å². The van der Waals surface area contributed by atoms with Gasteiger partial charge in [0, 0.05) is 24.8 Å². The van der Waals surface area contributed by atoms with Crippen LogP contribution in [0.3, 0.4) is 0 Å². The van der Waals surface area contributed by atoms with Crippen molar-refractivity contribution < 1.29 is 14.5 Å². The van der Waals surface area contributed by atoms with E-state index in [2.05, 4.69) is 5.32 Å². The summed E-state index contributed by atoms with van der Waals surface area (Å²) < 4.78 is 5.45. The molecular formula is C13H16Cl2N2O4. The van der Waals surface area contributed by atoms with Crippen LogP contribution in [0.2, 0.25) is 10.0 Å². The number of ether oxygens (including phenoxy) is 1. The van der Waals surface area contributed by atoms with Gasteiger partial charge >= 0.3 is 0 Å². The topological polar surface area (TPSA) is 81.5 Å².